The van der Waals surface area contributed by atoms with Crippen molar-refractivity contribution in [1.82, 2.24) is 4.90 Å². The van der Waals surface area contributed by atoms with E-state index in [4.69, 9.17) is 14.3 Å². The highest BCUT2D eigenvalue weighted by molar-refractivity contribution is 8.18. The molecule has 1 aliphatic heterocycles. The smallest absolute Gasteiger partial charge is 0.337 e. The minimum Gasteiger partial charge on any atom is -0.478 e. The summed E-state index contributed by atoms with van der Waals surface area (Å²) in [5, 5.41) is 9.64. The average Bonchev–Trinajstić information content (AvgIpc) is 3.39. The zero-order chi connectivity index (χ0) is 24.4. The molecule has 0 spiro atoms. The molecule has 0 saturated carbocycles. The zero-order valence-electron chi connectivity index (χ0n) is 18.6. The number of benzene rings is 2. The monoisotopic (exact) mass is 476 g/mol. The molecule has 3 aromatic rings. The highest BCUT2D eigenvalue weighted by Gasteiger charge is 2.30. The summed E-state index contributed by atoms with van der Waals surface area (Å²) in [6, 6.07) is 14.9. The SMILES string of the molecule is COC(=O)c1ccc(N=C2S/C(=C\c3ccc(-c4ccc(C(=O)O)cc4C)o3)C(=O)N2C)cc1. The fourth-order valence-electron chi connectivity index (χ4n) is 3.33. The quantitative estimate of drug-likeness (QED) is 0.409. The number of methoxy groups -OCH3 is 1. The van der Waals surface area contributed by atoms with E-state index in [0.29, 0.717) is 32.8 Å². The van der Waals surface area contributed by atoms with Crippen LogP contribution in [0.4, 0.5) is 5.69 Å². The number of aromatic carboxylic acids is 1. The van der Waals surface area contributed by atoms with Crippen LogP contribution in [0.15, 0.2) is 68.9 Å². The number of hydrogen-bond acceptors (Lipinski definition) is 7. The molecule has 172 valence electrons. The summed E-state index contributed by atoms with van der Waals surface area (Å²) >= 11 is 1.22. The molecule has 1 aromatic heterocycles. The van der Waals surface area contributed by atoms with E-state index in [1.807, 2.05) is 6.92 Å². The van der Waals surface area contributed by atoms with E-state index in [2.05, 4.69) is 4.99 Å². The Morgan fingerprint density at radius 2 is 1.79 bits per heavy atom. The number of aryl methyl sites for hydroxylation is 1. The predicted octanol–water partition coefficient (Wildman–Crippen LogP) is 4.97. The molecule has 8 nitrogen and oxygen atoms in total. The Morgan fingerprint density at radius 1 is 1.09 bits per heavy atom. The van der Waals surface area contributed by atoms with Gasteiger partial charge in [-0.2, -0.15) is 0 Å². The second-order valence-corrected chi connectivity index (χ2v) is 8.45. The minimum absolute atomic E-state index is 0.206. The topological polar surface area (TPSA) is 109 Å². The first kappa shape index (κ1) is 23.1. The van der Waals surface area contributed by atoms with Gasteiger partial charge in [0.05, 0.1) is 28.8 Å². The zero-order valence-corrected chi connectivity index (χ0v) is 19.4. The normalized spacial score (nSPS) is 15.9. The summed E-state index contributed by atoms with van der Waals surface area (Å²) in [5.41, 5.74) is 2.76. The number of carbonyl (C=O) groups is 3. The molecular weight excluding hydrogens is 456 g/mol. The highest BCUT2D eigenvalue weighted by atomic mass is 32.2. The molecule has 0 bridgehead atoms. The van der Waals surface area contributed by atoms with Gasteiger partial charge in [0, 0.05) is 18.7 Å². The summed E-state index contributed by atoms with van der Waals surface area (Å²) in [6.07, 6.45) is 1.65. The molecule has 1 N–H and O–H groups in total. The number of aliphatic imine (C=N–C) groups is 1. The van der Waals surface area contributed by atoms with Crippen LogP contribution in [0.25, 0.3) is 17.4 Å². The maximum Gasteiger partial charge on any atom is 0.337 e. The maximum absolute atomic E-state index is 12.7. The second-order valence-electron chi connectivity index (χ2n) is 7.44. The molecule has 2 aromatic carbocycles. The summed E-state index contributed by atoms with van der Waals surface area (Å²) < 4.78 is 10.6. The van der Waals surface area contributed by atoms with Gasteiger partial charge in [0.1, 0.15) is 11.5 Å². The van der Waals surface area contributed by atoms with E-state index in [-0.39, 0.29) is 11.5 Å². The van der Waals surface area contributed by atoms with E-state index in [1.165, 1.54) is 29.8 Å². The third-order valence-corrected chi connectivity index (χ3v) is 6.22. The number of hydrogen-bond donors (Lipinski definition) is 1. The van der Waals surface area contributed by atoms with Crippen molar-refractivity contribution >= 4 is 46.5 Å². The summed E-state index contributed by atoms with van der Waals surface area (Å²) in [6.45, 7) is 1.81. The first-order valence-corrected chi connectivity index (χ1v) is 11.0. The molecule has 9 heteroatoms. The lowest BCUT2D eigenvalue weighted by atomic mass is 10.0. The number of likely N-dealkylation sites (N-methyl/N-ethyl adjacent to an activating group) is 1. The van der Waals surface area contributed by atoms with Crippen molar-refractivity contribution in [2.24, 2.45) is 4.99 Å². The number of thioether (sulfide) groups is 1. The predicted molar refractivity (Wildman–Crippen MR) is 129 cm³/mol. The lowest BCUT2D eigenvalue weighted by Crippen LogP contribution is -2.23. The Hall–Kier alpha value is -4.11. The van der Waals surface area contributed by atoms with Crippen LogP contribution in [0.1, 0.15) is 32.0 Å². The van der Waals surface area contributed by atoms with Crippen LogP contribution < -0.4 is 0 Å². The number of nitrogens with zero attached hydrogens (tertiary/aromatic N) is 2. The van der Waals surface area contributed by atoms with Crippen molar-refractivity contribution in [3.05, 3.63) is 82.0 Å². The molecular formula is C25H20N2O6S. The molecule has 2 heterocycles. The molecule has 1 amide bonds. The number of carbonyl (C=O) groups excluding carboxylic acids is 2. The fourth-order valence-corrected chi connectivity index (χ4v) is 4.30. The molecule has 0 aliphatic carbocycles. The molecule has 0 radical (unpaired) electrons. The van der Waals surface area contributed by atoms with Crippen LogP contribution >= 0.6 is 11.8 Å². The maximum atomic E-state index is 12.7. The number of amides is 1. The first-order chi connectivity index (χ1) is 16.3. The van der Waals surface area contributed by atoms with Crippen molar-refractivity contribution in [3.63, 3.8) is 0 Å². The van der Waals surface area contributed by atoms with E-state index < -0.39 is 11.9 Å². The summed E-state index contributed by atoms with van der Waals surface area (Å²) in [5.74, 6) is -0.570. The number of esters is 1. The van der Waals surface area contributed by atoms with Crippen LogP contribution in [0, 0.1) is 6.92 Å². The Morgan fingerprint density at radius 3 is 2.44 bits per heavy atom. The number of carboxylic acid groups (broad SMARTS) is 1. The van der Waals surface area contributed by atoms with Crippen LogP contribution in [-0.4, -0.2) is 47.2 Å². The Kier molecular flexibility index (Phi) is 6.38. The number of carboxylic acids is 1. The van der Waals surface area contributed by atoms with Gasteiger partial charge in [-0.25, -0.2) is 14.6 Å². The van der Waals surface area contributed by atoms with Gasteiger partial charge in [-0.05, 0) is 72.8 Å². The third-order valence-electron chi connectivity index (χ3n) is 5.16. The van der Waals surface area contributed by atoms with Gasteiger partial charge < -0.3 is 14.3 Å². The number of furan rings is 1. The molecule has 1 aliphatic rings. The third kappa shape index (κ3) is 4.65. The molecule has 0 atom stereocenters. The van der Waals surface area contributed by atoms with Gasteiger partial charge in [0.15, 0.2) is 5.17 Å². The van der Waals surface area contributed by atoms with E-state index in [0.717, 1.165) is 11.1 Å². The van der Waals surface area contributed by atoms with Gasteiger partial charge >= 0.3 is 11.9 Å². The Balaban J connectivity index is 1.55. The minimum atomic E-state index is -0.989. The lowest BCUT2D eigenvalue weighted by Gasteiger charge is -2.07. The lowest BCUT2D eigenvalue weighted by molar-refractivity contribution is -0.121. The van der Waals surface area contributed by atoms with E-state index in [9.17, 15) is 14.4 Å². The van der Waals surface area contributed by atoms with Crippen LogP contribution in [0.5, 0.6) is 0 Å². The van der Waals surface area contributed by atoms with Crippen molar-refractivity contribution in [2.45, 2.75) is 6.92 Å². The highest BCUT2D eigenvalue weighted by Crippen LogP contribution is 2.34. The van der Waals surface area contributed by atoms with Crippen LogP contribution in [0.3, 0.4) is 0 Å². The van der Waals surface area contributed by atoms with Crippen molar-refractivity contribution in [2.75, 3.05) is 14.2 Å². The van der Waals surface area contributed by atoms with Crippen molar-refractivity contribution in [1.29, 1.82) is 0 Å². The van der Waals surface area contributed by atoms with Gasteiger partial charge in [0.2, 0.25) is 0 Å². The second kappa shape index (κ2) is 9.40. The van der Waals surface area contributed by atoms with Gasteiger partial charge in [-0.15, -0.1) is 0 Å². The van der Waals surface area contributed by atoms with Crippen LogP contribution in [0.2, 0.25) is 0 Å². The number of rotatable bonds is 5. The van der Waals surface area contributed by atoms with Crippen molar-refractivity contribution in [3.8, 4) is 11.3 Å². The van der Waals surface area contributed by atoms with Gasteiger partial charge in [-0.3, -0.25) is 9.69 Å². The molecule has 34 heavy (non-hydrogen) atoms. The Labute approximate surface area is 199 Å². The Bertz CT molecular complexity index is 1350. The van der Waals surface area contributed by atoms with Crippen molar-refractivity contribution < 1.29 is 28.6 Å². The van der Waals surface area contributed by atoms with Crippen LogP contribution in [-0.2, 0) is 9.53 Å². The van der Waals surface area contributed by atoms with Gasteiger partial charge in [0.25, 0.3) is 5.91 Å². The summed E-state index contributed by atoms with van der Waals surface area (Å²) in [7, 11) is 2.96. The summed E-state index contributed by atoms with van der Waals surface area (Å²) in [4.78, 5) is 41.9. The molecule has 1 fully saturated rings. The fraction of sp³-hybridized carbons (Fsp3) is 0.120. The molecule has 4 rings (SSSR count). The van der Waals surface area contributed by atoms with E-state index in [1.54, 1.807) is 61.7 Å². The molecule has 1 saturated heterocycles. The van der Waals surface area contributed by atoms with E-state index >= 15 is 0 Å². The number of ether oxygens (including phenoxy) is 1. The largest absolute Gasteiger partial charge is 0.478 e. The molecule has 0 unspecified atom stereocenters. The van der Waals surface area contributed by atoms with Gasteiger partial charge in [-0.1, -0.05) is 6.07 Å². The number of amidine groups is 1. The average molecular weight is 477 g/mol. The standard InChI is InChI=1S/C25H20N2O6S/c1-14-12-16(23(29)30)6-10-19(14)20-11-9-18(33-20)13-21-22(28)27(2)25(34-21)26-17-7-4-15(5-8-17)24(31)32-3/h4-13H,1-3H3,(H,29,30)/b21-13-,26-25?. The first-order valence-electron chi connectivity index (χ1n) is 10.2.